The molecule has 1 amide bonds. The third kappa shape index (κ3) is 6.75. The number of esters is 1. The molecule has 1 N–H and O–H groups in total. The predicted molar refractivity (Wildman–Crippen MR) is 106 cm³/mol. The Balaban J connectivity index is 1.95. The van der Waals surface area contributed by atoms with Crippen LogP contribution in [0.4, 0.5) is 4.79 Å². The van der Waals surface area contributed by atoms with Crippen LogP contribution in [0.5, 0.6) is 5.75 Å². The number of carbonyl (C=O) groups is 2. The molecule has 0 aromatic heterocycles. The van der Waals surface area contributed by atoms with Crippen LogP contribution in [0.15, 0.2) is 53.4 Å². The molecule has 10 heteroatoms. The van der Waals surface area contributed by atoms with E-state index in [0.717, 1.165) is 12.7 Å². The number of carbonyl (C=O) groups excluding carboxylic acids is 2. The molecule has 0 aliphatic rings. The van der Waals surface area contributed by atoms with Gasteiger partial charge >= 0.3 is 12.1 Å². The average molecular weight is 437 g/mol. The quantitative estimate of drug-likeness (QED) is 0.469. The molecule has 2 aromatic rings. The fourth-order valence-electron chi connectivity index (χ4n) is 2.30. The molecule has 0 saturated heterocycles. The van der Waals surface area contributed by atoms with E-state index in [1.54, 1.807) is 36.4 Å². The molecule has 0 fully saturated rings. The van der Waals surface area contributed by atoms with Crippen molar-refractivity contribution in [3.05, 3.63) is 59.7 Å². The molecular formula is C20H23NO8S. The van der Waals surface area contributed by atoms with Crippen LogP contribution in [-0.4, -0.2) is 47.3 Å². The van der Waals surface area contributed by atoms with Crippen LogP contribution in [0, 0.1) is 6.92 Å². The molecule has 1 unspecified atom stereocenters. The Morgan fingerprint density at radius 2 is 1.63 bits per heavy atom. The minimum atomic E-state index is -4.12. The lowest BCUT2D eigenvalue weighted by Gasteiger charge is -2.16. The maximum absolute atomic E-state index is 12.3. The lowest BCUT2D eigenvalue weighted by molar-refractivity contribution is -0.143. The summed E-state index contributed by atoms with van der Waals surface area (Å²) in [5, 5.41) is 2.24. The monoisotopic (exact) mass is 437 g/mol. The zero-order valence-corrected chi connectivity index (χ0v) is 17.6. The van der Waals surface area contributed by atoms with E-state index in [1.165, 1.54) is 19.2 Å². The summed E-state index contributed by atoms with van der Waals surface area (Å²) >= 11 is 0. The van der Waals surface area contributed by atoms with Gasteiger partial charge in [-0.1, -0.05) is 29.8 Å². The summed E-state index contributed by atoms with van der Waals surface area (Å²) in [5.41, 5.74) is 1.57. The second-order valence-corrected chi connectivity index (χ2v) is 7.81. The zero-order chi connectivity index (χ0) is 22.1. The van der Waals surface area contributed by atoms with Crippen molar-refractivity contribution >= 4 is 22.2 Å². The van der Waals surface area contributed by atoms with E-state index in [2.05, 4.69) is 10.1 Å². The van der Waals surface area contributed by atoms with E-state index in [4.69, 9.17) is 13.7 Å². The van der Waals surface area contributed by atoms with E-state index >= 15 is 0 Å². The number of rotatable bonds is 9. The second kappa shape index (κ2) is 10.6. The number of hydrogen-bond donors (Lipinski definition) is 1. The normalized spacial score (nSPS) is 12.0. The molecule has 0 heterocycles. The Kier molecular flexibility index (Phi) is 8.19. The Labute approximate surface area is 175 Å². The van der Waals surface area contributed by atoms with Crippen LogP contribution >= 0.6 is 0 Å². The third-order valence-corrected chi connectivity index (χ3v) is 5.30. The molecule has 0 bridgehead atoms. The first kappa shape index (κ1) is 23.2. The third-order valence-electron chi connectivity index (χ3n) is 4.01. The average Bonchev–Trinajstić information content (AvgIpc) is 2.75. The standard InChI is InChI=1S/C20H23NO8S/c1-14-4-10-17(11-5-14)30(24,25)29-13-18(19(22)27-3)21-20(23)28-12-15-6-8-16(26-2)9-7-15/h4-11,18H,12-13H2,1-3H3,(H,21,23). The van der Waals surface area contributed by atoms with Crippen LogP contribution in [-0.2, 0) is 35.2 Å². The van der Waals surface area contributed by atoms with Gasteiger partial charge in [0.25, 0.3) is 10.1 Å². The molecule has 0 spiro atoms. The molecule has 162 valence electrons. The summed E-state index contributed by atoms with van der Waals surface area (Å²) in [5.74, 6) is -0.226. The van der Waals surface area contributed by atoms with Crippen LogP contribution in [0.2, 0.25) is 0 Å². The molecule has 2 aromatic carbocycles. The smallest absolute Gasteiger partial charge is 0.408 e. The lowest BCUT2D eigenvalue weighted by atomic mass is 10.2. The highest BCUT2D eigenvalue weighted by Crippen LogP contribution is 2.14. The van der Waals surface area contributed by atoms with E-state index in [-0.39, 0.29) is 11.5 Å². The molecule has 2 rings (SSSR count). The van der Waals surface area contributed by atoms with Crippen molar-refractivity contribution < 1.29 is 36.4 Å². The molecule has 0 aliphatic heterocycles. The summed E-state index contributed by atoms with van der Waals surface area (Å²) < 4.78 is 44.2. The SMILES string of the molecule is COC(=O)C(COS(=O)(=O)c1ccc(C)cc1)NC(=O)OCc1ccc(OC)cc1. The molecular weight excluding hydrogens is 414 g/mol. The molecule has 30 heavy (non-hydrogen) atoms. The van der Waals surface area contributed by atoms with Gasteiger partial charge in [0, 0.05) is 0 Å². The van der Waals surface area contributed by atoms with E-state index in [1.807, 2.05) is 6.92 Å². The topological polar surface area (TPSA) is 117 Å². The summed E-state index contributed by atoms with van der Waals surface area (Å²) in [6.45, 7) is 1.10. The van der Waals surface area contributed by atoms with Gasteiger partial charge < -0.3 is 19.5 Å². The number of aryl methyl sites for hydroxylation is 1. The second-order valence-electron chi connectivity index (χ2n) is 6.20. The van der Waals surface area contributed by atoms with Gasteiger partial charge in [0.1, 0.15) is 12.4 Å². The lowest BCUT2D eigenvalue weighted by Crippen LogP contribution is -2.45. The van der Waals surface area contributed by atoms with Crippen molar-refractivity contribution in [3.63, 3.8) is 0 Å². The van der Waals surface area contributed by atoms with Gasteiger partial charge in [0.05, 0.1) is 25.7 Å². The molecule has 1 atom stereocenters. The minimum Gasteiger partial charge on any atom is -0.497 e. The minimum absolute atomic E-state index is 0.0633. The Morgan fingerprint density at radius 3 is 2.20 bits per heavy atom. The number of alkyl carbamates (subject to hydrolysis) is 1. The van der Waals surface area contributed by atoms with Crippen molar-refractivity contribution in [2.24, 2.45) is 0 Å². The highest BCUT2D eigenvalue weighted by Gasteiger charge is 2.26. The first-order valence-electron chi connectivity index (χ1n) is 8.85. The van der Waals surface area contributed by atoms with Crippen molar-refractivity contribution in [2.75, 3.05) is 20.8 Å². The van der Waals surface area contributed by atoms with E-state index in [0.29, 0.717) is 11.3 Å². The van der Waals surface area contributed by atoms with Crippen LogP contribution in [0.3, 0.4) is 0 Å². The zero-order valence-electron chi connectivity index (χ0n) is 16.8. The number of ether oxygens (including phenoxy) is 3. The Hall–Kier alpha value is -3.11. The molecule has 0 radical (unpaired) electrons. The van der Waals surface area contributed by atoms with Crippen molar-refractivity contribution in [2.45, 2.75) is 24.5 Å². The van der Waals surface area contributed by atoms with Gasteiger partial charge in [-0.05, 0) is 36.8 Å². The Morgan fingerprint density at radius 1 is 1.00 bits per heavy atom. The summed E-state index contributed by atoms with van der Waals surface area (Å²) in [7, 11) is -1.48. The number of methoxy groups -OCH3 is 2. The predicted octanol–water partition coefficient (Wildman–Crippen LogP) is 2.18. The first-order chi connectivity index (χ1) is 14.2. The van der Waals surface area contributed by atoms with Crippen LogP contribution in [0.25, 0.3) is 0 Å². The fraction of sp³-hybridized carbons (Fsp3) is 0.300. The van der Waals surface area contributed by atoms with E-state index < -0.39 is 34.8 Å². The van der Waals surface area contributed by atoms with Gasteiger partial charge in [-0.2, -0.15) is 8.42 Å². The molecule has 0 saturated carbocycles. The summed E-state index contributed by atoms with van der Waals surface area (Å²) in [4.78, 5) is 23.9. The van der Waals surface area contributed by atoms with Crippen LogP contribution in [0.1, 0.15) is 11.1 Å². The number of nitrogens with one attached hydrogen (secondary N) is 1. The largest absolute Gasteiger partial charge is 0.497 e. The first-order valence-corrected chi connectivity index (χ1v) is 10.3. The highest BCUT2D eigenvalue weighted by atomic mass is 32.2. The highest BCUT2D eigenvalue weighted by molar-refractivity contribution is 7.86. The van der Waals surface area contributed by atoms with E-state index in [9.17, 15) is 18.0 Å². The van der Waals surface area contributed by atoms with Gasteiger partial charge in [-0.15, -0.1) is 0 Å². The molecule has 9 nitrogen and oxygen atoms in total. The van der Waals surface area contributed by atoms with Crippen LogP contribution < -0.4 is 10.1 Å². The van der Waals surface area contributed by atoms with Gasteiger partial charge in [0.15, 0.2) is 6.04 Å². The number of hydrogen-bond acceptors (Lipinski definition) is 8. The van der Waals surface area contributed by atoms with Gasteiger partial charge in [-0.3, -0.25) is 4.18 Å². The fourth-order valence-corrected chi connectivity index (χ4v) is 3.22. The summed E-state index contributed by atoms with van der Waals surface area (Å²) in [6, 6.07) is 11.4. The summed E-state index contributed by atoms with van der Waals surface area (Å²) in [6.07, 6.45) is -0.933. The molecule has 0 aliphatic carbocycles. The Bertz CT molecular complexity index is 955. The maximum atomic E-state index is 12.3. The maximum Gasteiger partial charge on any atom is 0.408 e. The van der Waals surface area contributed by atoms with Crippen molar-refractivity contribution in [1.29, 1.82) is 0 Å². The van der Waals surface area contributed by atoms with Gasteiger partial charge in [0.2, 0.25) is 0 Å². The van der Waals surface area contributed by atoms with Crippen molar-refractivity contribution in [1.82, 2.24) is 5.32 Å². The number of benzene rings is 2. The van der Waals surface area contributed by atoms with Crippen molar-refractivity contribution in [3.8, 4) is 5.75 Å². The number of amides is 1. The van der Waals surface area contributed by atoms with Gasteiger partial charge in [-0.25, -0.2) is 9.59 Å².